The van der Waals surface area contributed by atoms with Crippen LogP contribution in [0.3, 0.4) is 0 Å². The van der Waals surface area contributed by atoms with Gasteiger partial charge in [0.05, 0.1) is 6.54 Å². The third kappa shape index (κ3) is 6.79. The summed E-state index contributed by atoms with van der Waals surface area (Å²) < 4.78 is 0. The number of benzene rings is 1. The fourth-order valence-electron chi connectivity index (χ4n) is 1.28. The number of carbonyl (C=O) groups excluding carboxylic acids is 2. The first-order chi connectivity index (χ1) is 8.63. The molecule has 1 aromatic carbocycles. The second kappa shape index (κ2) is 9.35. The lowest BCUT2D eigenvalue weighted by atomic mass is 10.2. The highest BCUT2D eigenvalue weighted by Crippen LogP contribution is 1.97. The maximum atomic E-state index is 11.6. The zero-order valence-electron chi connectivity index (χ0n) is 11.1. The van der Waals surface area contributed by atoms with Gasteiger partial charge in [-0.3, -0.25) is 9.59 Å². The van der Waals surface area contributed by atoms with Crippen molar-refractivity contribution in [1.82, 2.24) is 16.0 Å². The van der Waals surface area contributed by atoms with Crippen LogP contribution in [0.4, 0.5) is 0 Å². The molecular formula is C13H20ClN3O2. The Labute approximate surface area is 119 Å². The number of halogens is 1. The van der Waals surface area contributed by atoms with E-state index in [1.807, 2.05) is 20.0 Å². The minimum atomic E-state index is -0.243. The quantitative estimate of drug-likeness (QED) is 0.715. The van der Waals surface area contributed by atoms with Crippen molar-refractivity contribution < 1.29 is 9.59 Å². The standard InChI is InChI=1S/C13H19N3O2.ClH/c1-10(14-2)8-15-12(17)9-16-13(18)11-6-4-3-5-7-11;/h3-7,10,14H,8-9H2,1-2H3,(H,15,17)(H,16,18);1H. The number of hydrogen-bond acceptors (Lipinski definition) is 3. The average Bonchev–Trinajstić information content (AvgIpc) is 2.42. The van der Waals surface area contributed by atoms with E-state index in [2.05, 4.69) is 16.0 Å². The first-order valence-electron chi connectivity index (χ1n) is 5.90. The van der Waals surface area contributed by atoms with Crippen LogP contribution >= 0.6 is 12.4 Å². The van der Waals surface area contributed by atoms with E-state index in [1.165, 1.54) is 0 Å². The molecule has 0 bridgehead atoms. The number of amides is 2. The van der Waals surface area contributed by atoms with Crippen LogP contribution in [0.5, 0.6) is 0 Å². The van der Waals surface area contributed by atoms with Crippen LogP contribution in [-0.4, -0.2) is 38.0 Å². The van der Waals surface area contributed by atoms with Crippen molar-refractivity contribution in [3.05, 3.63) is 35.9 Å². The lowest BCUT2D eigenvalue weighted by Gasteiger charge is -2.11. The Balaban J connectivity index is 0.00000324. The van der Waals surface area contributed by atoms with E-state index in [0.29, 0.717) is 12.1 Å². The molecule has 1 aromatic rings. The van der Waals surface area contributed by atoms with Crippen molar-refractivity contribution >= 4 is 24.2 Å². The van der Waals surface area contributed by atoms with Crippen molar-refractivity contribution in [3.63, 3.8) is 0 Å². The van der Waals surface area contributed by atoms with Gasteiger partial charge in [-0.25, -0.2) is 0 Å². The summed E-state index contributed by atoms with van der Waals surface area (Å²) in [6.07, 6.45) is 0. The SMILES string of the molecule is CNC(C)CNC(=O)CNC(=O)c1ccccc1.Cl. The lowest BCUT2D eigenvalue weighted by molar-refractivity contribution is -0.120. The molecule has 106 valence electrons. The van der Waals surface area contributed by atoms with Crippen LogP contribution in [0.2, 0.25) is 0 Å². The maximum Gasteiger partial charge on any atom is 0.251 e. The van der Waals surface area contributed by atoms with Gasteiger partial charge in [-0.15, -0.1) is 12.4 Å². The molecule has 0 aliphatic heterocycles. The molecule has 0 saturated heterocycles. The number of nitrogens with one attached hydrogen (secondary N) is 3. The molecule has 0 aliphatic carbocycles. The van der Waals surface area contributed by atoms with Crippen LogP contribution in [0.25, 0.3) is 0 Å². The van der Waals surface area contributed by atoms with E-state index in [-0.39, 0.29) is 36.8 Å². The van der Waals surface area contributed by atoms with Crippen molar-refractivity contribution in [2.45, 2.75) is 13.0 Å². The Kier molecular flexibility index (Phi) is 8.57. The molecular weight excluding hydrogens is 266 g/mol. The monoisotopic (exact) mass is 285 g/mol. The first-order valence-corrected chi connectivity index (χ1v) is 5.90. The summed E-state index contributed by atoms with van der Waals surface area (Å²) in [5, 5.41) is 8.30. The number of rotatable bonds is 6. The van der Waals surface area contributed by atoms with Gasteiger partial charge in [-0.1, -0.05) is 18.2 Å². The van der Waals surface area contributed by atoms with Gasteiger partial charge >= 0.3 is 0 Å². The van der Waals surface area contributed by atoms with Crippen LogP contribution in [0, 0.1) is 0 Å². The second-order valence-corrected chi connectivity index (χ2v) is 4.04. The first kappa shape index (κ1) is 17.4. The summed E-state index contributed by atoms with van der Waals surface area (Å²) in [6.45, 7) is 2.49. The maximum absolute atomic E-state index is 11.6. The fourth-order valence-corrected chi connectivity index (χ4v) is 1.28. The van der Waals surface area contributed by atoms with Crippen LogP contribution in [0.15, 0.2) is 30.3 Å². The highest BCUT2D eigenvalue weighted by molar-refractivity contribution is 5.96. The van der Waals surface area contributed by atoms with Crippen LogP contribution in [0.1, 0.15) is 17.3 Å². The second-order valence-electron chi connectivity index (χ2n) is 4.04. The van der Waals surface area contributed by atoms with Crippen molar-refractivity contribution in [1.29, 1.82) is 0 Å². The predicted molar refractivity (Wildman–Crippen MR) is 77.6 cm³/mol. The smallest absolute Gasteiger partial charge is 0.251 e. The van der Waals surface area contributed by atoms with Gasteiger partial charge < -0.3 is 16.0 Å². The normalized spacial score (nSPS) is 11.1. The Bertz CT molecular complexity index is 398. The van der Waals surface area contributed by atoms with Gasteiger partial charge in [0.2, 0.25) is 5.91 Å². The molecule has 1 rings (SSSR count). The van der Waals surface area contributed by atoms with Crippen molar-refractivity contribution in [2.75, 3.05) is 20.1 Å². The highest BCUT2D eigenvalue weighted by atomic mass is 35.5. The molecule has 19 heavy (non-hydrogen) atoms. The summed E-state index contributed by atoms with van der Waals surface area (Å²) in [7, 11) is 1.83. The van der Waals surface area contributed by atoms with E-state index in [9.17, 15) is 9.59 Å². The van der Waals surface area contributed by atoms with E-state index in [4.69, 9.17) is 0 Å². The minimum absolute atomic E-state index is 0. The summed E-state index contributed by atoms with van der Waals surface area (Å²) in [4.78, 5) is 23.1. The van der Waals surface area contributed by atoms with Gasteiger partial charge in [0.15, 0.2) is 0 Å². The van der Waals surface area contributed by atoms with Crippen LogP contribution in [-0.2, 0) is 4.79 Å². The predicted octanol–water partition coefficient (Wildman–Crippen LogP) is 0.562. The Morgan fingerprint density at radius 3 is 2.37 bits per heavy atom. The van der Waals surface area contributed by atoms with E-state index < -0.39 is 0 Å². The molecule has 6 heteroatoms. The molecule has 0 spiro atoms. The van der Waals surface area contributed by atoms with Crippen molar-refractivity contribution in [2.24, 2.45) is 0 Å². The zero-order valence-corrected chi connectivity index (χ0v) is 11.9. The minimum Gasteiger partial charge on any atom is -0.353 e. The largest absolute Gasteiger partial charge is 0.353 e. The fraction of sp³-hybridized carbons (Fsp3) is 0.385. The zero-order chi connectivity index (χ0) is 13.4. The van der Waals surface area contributed by atoms with Gasteiger partial charge in [0.25, 0.3) is 5.91 Å². The molecule has 3 N–H and O–H groups in total. The number of hydrogen-bond donors (Lipinski definition) is 3. The molecule has 0 radical (unpaired) electrons. The number of likely N-dealkylation sites (N-methyl/N-ethyl adjacent to an activating group) is 1. The third-order valence-corrected chi connectivity index (χ3v) is 2.54. The van der Waals surface area contributed by atoms with E-state index >= 15 is 0 Å². The summed E-state index contributed by atoms with van der Waals surface area (Å²) in [5.74, 6) is -0.436. The third-order valence-electron chi connectivity index (χ3n) is 2.54. The van der Waals surface area contributed by atoms with Gasteiger partial charge in [-0.05, 0) is 26.1 Å². The Morgan fingerprint density at radius 1 is 1.16 bits per heavy atom. The Morgan fingerprint density at radius 2 is 1.79 bits per heavy atom. The van der Waals surface area contributed by atoms with Gasteiger partial charge in [-0.2, -0.15) is 0 Å². The Hall–Kier alpha value is -1.59. The summed E-state index contributed by atoms with van der Waals surface area (Å²) >= 11 is 0. The molecule has 1 unspecified atom stereocenters. The molecule has 0 aromatic heterocycles. The molecule has 5 nitrogen and oxygen atoms in total. The van der Waals surface area contributed by atoms with Gasteiger partial charge in [0, 0.05) is 18.2 Å². The average molecular weight is 286 g/mol. The molecule has 0 fully saturated rings. The number of carbonyl (C=O) groups is 2. The lowest BCUT2D eigenvalue weighted by Crippen LogP contribution is -2.42. The molecule has 0 heterocycles. The topological polar surface area (TPSA) is 70.2 Å². The molecule has 1 atom stereocenters. The summed E-state index contributed by atoms with van der Waals surface area (Å²) in [5.41, 5.74) is 0.550. The molecule has 2 amide bonds. The highest BCUT2D eigenvalue weighted by Gasteiger charge is 2.07. The van der Waals surface area contributed by atoms with Gasteiger partial charge in [0.1, 0.15) is 0 Å². The van der Waals surface area contributed by atoms with Crippen LogP contribution < -0.4 is 16.0 Å². The summed E-state index contributed by atoms with van der Waals surface area (Å²) in [6, 6.07) is 9.02. The van der Waals surface area contributed by atoms with Crippen molar-refractivity contribution in [3.8, 4) is 0 Å². The molecule has 0 saturated carbocycles. The van der Waals surface area contributed by atoms with E-state index in [0.717, 1.165) is 0 Å². The van der Waals surface area contributed by atoms with E-state index in [1.54, 1.807) is 24.3 Å². The molecule has 0 aliphatic rings.